The average Bonchev–Trinajstić information content (AvgIpc) is 3.19. The lowest BCUT2D eigenvalue weighted by atomic mass is 10.3. The highest BCUT2D eigenvalue weighted by Gasteiger charge is 2.05. The van der Waals surface area contributed by atoms with Crippen molar-refractivity contribution < 1.29 is 9.53 Å². The Bertz CT molecular complexity index is 687. The number of thiophene rings is 1. The van der Waals surface area contributed by atoms with Crippen LogP contribution in [0.2, 0.25) is 0 Å². The lowest BCUT2D eigenvalue weighted by Gasteiger charge is -2.14. The van der Waals surface area contributed by atoms with Crippen molar-refractivity contribution in [2.45, 2.75) is 12.8 Å². The normalized spacial score (nSPS) is 11.1. The molecule has 7 heteroatoms. The number of para-hydroxylation sites is 1. The van der Waals surface area contributed by atoms with Crippen LogP contribution in [0.5, 0.6) is 5.75 Å². The van der Waals surface area contributed by atoms with E-state index < -0.39 is 0 Å². The first-order valence-corrected chi connectivity index (χ1v) is 9.95. The minimum Gasteiger partial charge on any atom is -0.494 e. The van der Waals surface area contributed by atoms with Crippen molar-refractivity contribution >= 4 is 23.2 Å². The number of carbonyl (C=O) groups excluding carboxylic acids is 1. The Kier molecular flexibility index (Phi) is 9.20. The van der Waals surface area contributed by atoms with E-state index in [4.69, 9.17) is 4.74 Å². The van der Waals surface area contributed by atoms with Crippen LogP contribution in [0.25, 0.3) is 0 Å². The molecule has 2 N–H and O–H groups in total. The van der Waals surface area contributed by atoms with Crippen LogP contribution < -0.4 is 15.4 Å². The summed E-state index contributed by atoms with van der Waals surface area (Å²) < 4.78 is 5.69. The molecule has 0 aliphatic carbocycles. The Hall–Kier alpha value is -2.54. The molecule has 1 amide bonds. The molecule has 0 aliphatic rings. The van der Waals surface area contributed by atoms with Gasteiger partial charge in [0.25, 0.3) is 0 Å². The van der Waals surface area contributed by atoms with Crippen LogP contribution in [0, 0.1) is 0 Å². The lowest BCUT2D eigenvalue weighted by Crippen LogP contribution is -2.40. The second-order valence-electron chi connectivity index (χ2n) is 6.15. The maximum Gasteiger partial charge on any atom is 0.243 e. The molecule has 27 heavy (non-hydrogen) atoms. The first-order valence-electron chi connectivity index (χ1n) is 9.07. The summed E-state index contributed by atoms with van der Waals surface area (Å²) in [6, 6.07) is 13.9. The minimum absolute atomic E-state index is 0.0261. The van der Waals surface area contributed by atoms with Gasteiger partial charge in [-0.05, 0) is 36.4 Å². The van der Waals surface area contributed by atoms with E-state index in [1.807, 2.05) is 30.3 Å². The maximum absolute atomic E-state index is 11.8. The van der Waals surface area contributed by atoms with Gasteiger partial charge in [0.2, 0.25) is 5.91 Å². The fraction of sp³-hybridized carbons (Fsp3) is 0.400. The summed E-state index contributed by atoms with van der Waals surface area (Å²) >= 11 is 1.74. The topological polar surface area (TPSA) is 66.0 Å². The van der Waals surface area contributed by atoms with Crippen LogP contribution in [0.1, 0.15) is 11.3 Å². The number of hydrogen-bond acceptors (Lipinski definition) is 4. The minimum atomic E-state index is -0.0261. The van der Waals surface area contributed by atoms with Crippen LogP contribution in [0.4, 0.5) is 0 Å². The highest BCUT2D eigenvalue weighted by molar-refractivity contribution is 7.09. The van der Waals surface area contributed by atoms with Crippen LogP contribution >= 0.6 is 11.3 Å². The van der Waals surface area contributed by atoms with Crippen LogP contribution in [-0.4, -0.2) is 57.1 Å². The molecule has 0 unspecified atom stereocenters. The fourth-order valence-electron chi connectivity index (χ4n) is 2.21. The third kappa shape index (κ3) is 8.59. The Balaban J connectivity index is 1.74. The second kappa shape index (κ2) is 12.0. The van der Waals surface area contributed by atoms with Crippen molar-refractivity contribution in [1.29, 1.82) is 0 Å². The fourth-order valence-corrected chi connectivity index (χ4v) is 2.92. The first kappa shape index (κ1) is 20.8. The SMILES string of the molecule is CN(C)C(=O)CN=C(NCCCOc1ccccc1)NCCc1cccs1. The number of nitrogens with zero attached hydrogens (tertiary/aromatic N) is 2. The summed E-state index contributed by atoms with van der Waals surface area (Å²) in [7, 11) is 3.46. The van der Waals surface area contributed by atoms with Crippen molar-refractivity contribution in [2.24, 2.45) is 4.99 Å². The number of rotatable bonds is 10. The van der Waals surface area contributed by atoms with E-state index in [1.54, 1.807) is 30.3 Å². The average molecular weight is 389 g/mol. The molecular formula is C20H28N4O2S. The Morgan fingerprint density at radius 1 is 1.11 bits per heavy atom. The summed E-state index contributed by atoms with van der Waals surface area (Å²) in [6.07, 6.45) is 1.76. The van der Waals surface area contributed by atoms with Crippen LogP contribution in [0.15, 0.2) is 52.8 Å². The molecule has 0 fully saturated rings. The van der Waals surface area contributed by atoms with Gasteiger partial charge in [0.1, 0.15) is 12.3 Å². The highest BCUT2D eigenvalue weighted by atomic mass is 32.1. The third-order valence-electron chi connectivity index (χ3n) is 3.74. The molecule has 0 atom stereocenters. The van der Waals surface area contributed by atoms with Gasteiger partial charge in [0, 0.05) is 32.1 Å². The molecule has 0 radical (unpaired) electrons. The molecule has 0 aliphatic heterocycles. The maximum atomic E-state index is 11.8. The van der Waals surface area contributed by atoms with E-state index in [9.17, 15) is 4.79 Å². The van der Waals surface area contributed by atoms with E-state index in [2.05, 4.69) is 33.1 Å². The van der Waals surface area contributed by atoms with Crippen molar-refractivity contribution in [1.82, 2.24) is 15.5 Å². The van der Waals surface area contributed by atoms with Gasteiger partial charge >= 0.3 is 0 Å². The van der Waals surface area contributed by atoms with Gasteiger partial charge in [-0.3, -0.25) is 4.79 Å². The lowest BCUT2D eigenvalue weighted by molar-refractivity contribution is -0.127. The molecule has 2 rings (SSSR count). The largest absolute Gasteiger partial charge is 0.494 e. The summed E-state index contributed by atoms with van der Waals surface area (Å²) in [5, 5.41) is 8.64. The Morgan fingerprint density at radius 3 is 2.59 bits per heavy atom. The molecule has 2 aromatic rings. The molecule has 0 spiro atoms. The number of guanidine groups is 1. The number of amides is 1. The number of carbonyl (C=O) groups is 1. The zero-order valence-corrected chi connectivity index (χ0v) is 16.8. The van der Waals surface area contributed by atoms with E-state index in [0.29, 0.717) is 19.1 Å². The predicted molar refractivity (Wildman–Crippen MR) is 112 cm³/mol. The highest BCUT2D eigenvalue weighted by Crippen LogP contribution is 2.08. The smallest absolute Gasteiger partial charge is 0.243 e. The van der Waals surface area contributed by atoms with E-state index in [0.717, 1.165) is 25.1 Å². The van der Waals surface area contributed by atoms with Gasteiger partial charge in [0.05, 0.1) is 6.61 Å². The zero-order valence-electron chi connectivity index (χ0n) is 16.0. The standard InChI is InChI=1S/C20H28N4O2S/c1-24(2)19(25)16-23-20(22-13-11-18-10-6-15-27-18)21-12-7-14-26-17-8-4-3-5-9-17/h3-6,8-10,15H,7,11-14,16H2,1-2H3,(H2,21,22,23). The molecule has 0 saturated carbocycles. The van der Waals surface area contributed by atoms with Gasteiger partial charge in [-0.1, -0.05) is 24.3 Å². The summed E-state index contributed by atoms with van der Waals surface area (Å²) in [5.74, 6) is 1.50. The third-order valence-corrected chi connectivity index (χ3v) is 4.68. The molecule has 146 valence electrons. The Morgan fingerprint density at radius 2 is 1.89 bits per heavy atom. The van der Waals surface area contributed by atoms with Crippen LogP contribution in [-0.2, 0) is 11.2 Å². The number of ether oxygens (including phenoxy) is 1. The quantitative estimate of drug-likeness (QED) is 0.373. The summed E-state index contributed by atoms with van der Waals surface area (Å²) in [4.78, 5) is 19.0. The van der Waals surface area contributed by atoms with E-state index in [-0.39, 0.29) is 12.5 Å². The summed E-state index contributed by atoms with van der Waals surface area (Å²) in [6.45, 7) is 2.23. The van der Waals surface area contributed by atoms with Crippen LogP contribution in [0.3, 0.4) is 0 Å². The van der Waals surface area contributed by atoms with Gasteiger partial charge in [-0.2, -0.15) is 0 Å². The molecule has 0 bridgehead atoms. The van der Waals surface area contributed by atoms with Crippen molar-refractivity contribution in [3.8, 4) is 5.75 Å². The number of benzene rings is 1. The Labute approximate surface area is 165 Å². The molecular weight excluding hydrogens is 360 g/mol. The van der Waals surface area contributed by atoms with Crippen molar-refractivity contribution in [2.75, 3.05) is 40.3 Å². The monoisotopic (exact) mass is 388 g/mol. The number of nitrogens with one attached hydrogen (secondary N) is 2. The molecule has 1 heterocycles. The zero-order chi connectivity index (χ0) is 19.3. The molecule has 1 aromatic carbocycles. The number of aliphatic imine (C=N–C) groups is 1. The predicted octanol–water partition coefficient (Wildman–Crippen LogP) is 2.38. The second-order valence-corrected chi connectivity index (χ2v) is 7.18. The molecule has 1 aromatic heterocycles. The first-order chi connectivity index (χ1) is 13.1. The van der Waals surface area contributed by atoms with Gasteiger partial charge in [-0.25, -0.2) is 4.99 Å². The van der Waals surface area contributed by atoms with E-state index >= 15 is 0 Å². The molecule has 6 nitrogen and oxygen atoms in total. The van der Waals surface area contributed by atoms with Gasteiger partial charge < -0.3 is 20.3 Å². The number of hydrogen-bond donors (Lipinski definition) is 2. The van der Waals surface area contributed by atoms with Gasteiger partial charge in [-0.15, -0.1) is 11.3 Å². The molecule has 0 saturated heterocycles. The number of likely N-dealkylation sites (N-methyl/N-ethyl adjacent to an activating group) is 1. The summed E-state index contributed by atoms with van der Waals surface area (Å²) in [5.41, 5.74) is 0. The van der Waals surface area contributed by atoms with Crippen molar-refractivity contribution in [3.05, 3.63) is 52.7 Å². The van der Waals surface area contributed by atoms with Crippen molar-refractivity contribution in [3.63, 3.8) is 0 Å². The van der Waals surface area contributed by atoms with Gasteiger partial charge in [0.15, 0.2) is 5.96 Å². The van der Waals surface area contributed by atoms with E-state index in [1.165, 1.54) is 4.88 Å².